The van der Waals surface area contributed by atoms with Crippen LogP contribution in [-0.2, 0) is 13.5 Å². The average molecular weight is 351 g/mol. The predicted octanol–water partition coefficient (Wildman–Crippen LogP) is 3.44. The lowest BCUT2D eigenvalue weighted by Crippen LogP contribution is -2.30. The van der Waals surface area contributed by atoms with Gasteiger partial charge < -0.3 is 5.11 Å². The fourth-order valence-electron chi connectivity index (χ4n) is 3.53. The van der Waals surface area contributed by atoms with Crippen molar-refractivity contribution in [3.8, 4) is 11.3 Å². The monoisotopic (exact) mass is 351 g/mol. The van der Waals surface area contributed by atoms with E-state index < -0.39 is 6.23 Å². The number of carbonyl (C=O) groups is 1. The molecule has 0 bridgehead atoms. The Kier molecular flexibility index (Phi) is 3.85. The van der Waals surface area contributed by atoms with Crippen LogP contribution in [0.4, 0.5) is 10.2 Å². The third-order valence-corrected chi connectivity index (χ3v) is 4.74. The first kappa shape index (κ1) is 16.5. The molecule has 4 rings (SSSR count). The Morgan fingerprint density at radius 1 is 1.15 bits per heavy atom. The number of anilines is 1. The maximum absolute atomic E-state index is 13.3. The topological polar surface area (TPSA) is 58.4 Å². The molecule has 1 aliphatic rings. The third-order valence-electron chi connectivity index (χ3n) is 4.74. The van der Waals surface area contributed by atoms with E-state index in [1.54, 1.807) is 48.1 Å². The second kappa shape index (κ2) is 6.07. The Hall–Kier alpha value is -2.99. The number of fused-ring (bicyclic) bond motifs is 1. The molecule has 2 aromatic carbocycles. The van der Waals surface area contributed by atoms with Crippen LogP contribution in [0, 0.1) is 5.82 Å². The van der Waals surface area contributed by atoms with Crippen molar-refractivity contribution < 1.29 is 14.3 Å². The maximum Gasteiger partial charge on any atom is 0.262 e. The van der Waals surface area contributed by atoms with E-state index in [9.17, 15) is 14.3 Å². The fourth-order valence-corrected chi connectivity index (χ4v) is 3.53. The highest BCUT2D eigenvalue weighted by Gasteiger charge is 2.39. The fraction of sp³-hybridized carbons (Fsp3) is 0.200. The van der Waals surface area contributed by atoms with Crippen molar-refractivity contribution in [1.82, 2.24) is 9.78 Å². The van der Waals surface area contributed by atoms with Gasteiger partial charge in [-0.2, -0.15) is 5.10 Å². The molecule has 1 aliphatic heterocycles. The highest BCUT2D eigenvalue weighted by molar-refractivity contribution is 6.11. The number of amides is 1. The summed E-state index contributed by atoms with van der Waals surface area (Å²) in [6, 6.07) is 13.1. The second-order valence-corrected chi connectivity index (χ2v) is 6.27. The van der Waals surface area contributed by atoms with Gasteiger partial charge in [0.2, 0.25) is 0 Å². The van der Waals surface area contributed by atoms with Crippen molar-refractivity contribution in [2.24, 2.45) is 7.05 Å². The summed E-state index contributed by atoms with van der Waals surface area (Å²) in [5, 5.41) is 15.3. The number of nitrogens with zero attached hydrogens (tertiary/aromatic N) is 3. The molecule has 0 spiro atoms. The number of benzene rings is 2. The normalized spacial score (nSPS) is 16.2. The van der Waals surface area contributed by atoms with Crippen LogP contribution in [0.2, 0.25) is 0 Å². The summed E-state index contributed by atoms with van der Waals surface area (Å²) in [4.78, 5) is 14.3. The van der Waals surface area contributed by atoms with Crippen LogP contribution in [0.3, 0.4) is 0 Å². The lowest BCUT2D eigenvalue weighted by Gasteiger charge is -2.22. The number of carbonyl (C=O) groups excluding carboxylic acids is 1. The SMILES string of the molecule is CCc1c(-c2ccc(F)cc2)nn(C)c1N1C(=O)c2ccccc2C1O. The number of rotatable bonds is 3. The Balaban J connectivity index is 1.86. The number of hydrogen-bond donors (Lipinski definition) is 1. The van der Waals surface area contributed by atoms with Gasteiger partial charge in [0, 0.05) is 29.3 Å². The Labute approximate surface area is 150 Å². The lowest BCUT2D eigenvalue weighted by molar-refractivity contribution is 0.0931. The maximum atomic E-state index is 13.3. The molecule has 3 aromatic rings. The number of aliphatic hydroxyl groups is 1. The summed E-state index contributed by atoms with van der Waals surface area (Å²) in [5.41, 5.74) is 3.36. The van der Waals surface area contributed by atoms with E-state index in [4.69, 9.17) is 0 Å². The van der Waals surface area contributed by atoms with Gasteiger partial charge in [-0.15, -0.1) is 0 Å². The molecule has 0 aliphatic carbocycles. The molecule has 0 saturated heterocycles. The second-order valence-electron chi connectivity index (χ2n) is 6.27. The zero-order valence-electron chi connectivity index (χ0n) is 14.5. The molecular formula is C20H18FN3O2. The Morgan fingerprint density at radius 3 is 2.50 bits per heavy atom. The molecule has 2 heterocycles. The molecule has 1 unspecified atom stereocenters. The van der Waals surface area contributed by atoms with Crippen LogP contribution < -0.4 is 4.90 Å². The van der Waals surface area contributed by atoms with Gasteiger partial charge in [0.1, 0.15) is 11.6 Å². The summed E-state index contributed by atoms with van der Waals surface area (Å²) >= 11 is 0. The smallest absolute Gasteiger partial charge is 0.262 e. The number of hydrogen-bond acceptors (Lipinski definition) is 3. The zero-order chi connectivity index (χ0) is 18.4. The zero-order valence-corrected chi connectivity index (χ0v) is 14.5. The van der Waals surface area contributed by atoms with Gasteiger partial charge in [-0.05, 0) is 36.8 Å². The van der Waals surface area contributed by atoms with E-state index in [0.717, 1.165) is 11.1 Å². The van der Waals surface area contributed by atoms with Crippen LogP contribution in [0.1, 0.15) is 34.6 Å². The number of aryl methyl sites for hydroxylation is 1. The van der Waals surface area contributed by atoms with E-state index in [0.29, 0.717) is 29.1 Å². The summed E-state index contributed by atoms with van der Waals surface area (Å²) in [5.74, 6) is -0.0134. The van der Waals surface area contributed by atoms with E-state index in [-0.39, 0.29) is 11.7 Å². The van der Waals surface area contributed by atoms with Crippen LogP contribution in [-0.4, -0.2) is 20.8 Å². The number of halogens is 1. The van der Waals surface area contributed by atoms with Gasteiger partial charge in [-0.3, -0.25) is 14.4 Å². The molecule has 26 heavy (non-hydrogen) atoms. The van der Waals surface area contributed by atoms with Crippen molar-refractivity contribution in [3.63, 3.8) is 0 Å². The van der Waals surface area contributed by atoms with Crippen molar-refractivity contribution in [3.05, 3.63) is 71.0 Å². The summed E-state index contributed by atoms with van der Waals surface area (Å²) in [7, 11) is 1.74. The third kappa shape index (κ3) is 2.34. The molecule has 132 valence electrons. The van der Waals surface area contributed by atoms with Crippen LogP contribution in [0.25, 0.3) is 11.3 Å². The molecule has 0 radical (unpaired) electrons. The largest absolute Gasteiger partial charge is 0.369 e. The van der Waals surface area contributed by atoms with Crippen LogP contribution in [0.15, 0.2) is 48.5 Å². The van der Waals surface area contributed by atoms with E-state index >= 15 is 0 Å². The molecule has 1 amide bonds. The quantitative estimate of drug-likeness (QED) is 0.786. The molecule has 6 heteroatoms. The first-order valence-corrected chi connectivity index (χ1v) is 8.45. The molecule has 0 fully saturated rings. The van der Waals surface area contributed by atoms with Gasteiger partial charge in [0.25, 0.3) is 5.91 Å². The summed E-state index contributed by atoms with van der Waals surface area (Å²) in [6.45, 7) is 1.97. The van der Waals surface area contributed by atoms with E-state index in [2.05, 4.69) is 5.10 Å². The average Bonchev–Trinajstić information content (AvgIpc) is 3.10. The summed E-state index contributed by atoms with van der Waals surface area (Å²) < 4.78 is 14.9. The minimum Gasteiger partial charge on any atom is -0.369 e. The van der Waals surface area contributed by atoms with Gasteiger partial charge in [0.05, 0.1) is 5.69 Å². The molecule has 5 nitrogen and oxygen atoms in total. The number of aliphatic hydroxyl groups excluding tert-OH is 1. The van der Waals surface area contributed by atoms with Crippen LogP contribution >= 0.6 is 0 Å². The van der Waals surface area contributed by atoms with Gasteiger partial charge in [-0.25, -0.2) is 4.39 Å². The first-order valence-electron chi connectivity index (χ1n) is 8.45. The Bertz CT molecular complexity index is 995. The Morgan fingerprint density at radius 2 is 1.85 bits per heavy atom. The van der Waals surface area contributed by atoms with Gasteiger partial charge in [0.15, 0.2) is 6.23 Å². The highest BCUT2D eigenvalue weighted by atomic mass is 19.1. The van der Waals surface area contributed by atoms with Crippen LogP contribution in [0.5, 0.6) is 0 Å². The van der Waals surface area contributed by atoms with Gasteiger partial charge in [-0.1, -0.05) is 25.1 Å². The molecule has 0 saturated carbocycles. The minimum absolute atomic E-state index is 0.253. The van der Waals surface area contributed by atoms with Crippen molar-refractivity contribution in [2.75, 3.05) is 4.90 Å². The lowest BCUT2D eigenvalue weighted by atomic mass is 10.1. The molecule has 1 atom stereocenters. The van der Waals surface area contributed by atoms with Crippen molar-refractivity contribution >= 4 is 11.7 Å². The van der Waals surface area contributed by atoms with E-state index in [1.807, 2.05) is 6.92 Å². The molecule has 1 aromatic heterocycles. The first-order chi connectivity index (χ1) is 12.5. The predicted molar refractivity (Wildman–Crippen MR) is 96.2 cm³/mol. The van der Waals surface area contributed by atoms with Gasteiger partial charge >= 0.3 is 0 Å². The molecular weight excluding hydrogens is 333 g/mol. The van der Waals surface area contributed by atoms with E-state index in [1.165, 1.54) is 17.0 Å². The van der Waals surface area contributed by atoms with Crippen molar-refractivity contribution in [1.29, 1.82) is 0 Å². The minimum atomic E-state index is -1.06. The molecule has 1 N–H and O–H groups in total. The summed E-state index contributed by atoms with van der Waals surface area (Å²) in [6.07, 6.45) is -0.441. The van der Waals surface area contributed by atoms with Crippen molar-refractivity contribution in [2.45, 2.75) is 19.6 Å². The standard InChI is InChI=1S/C20H18FN3O2/c1-3-14-17(12-8-10-13(21)11-9-12)22-23(2)18(14)24-19(25)15-6-4-5-7-16(15)20(24)26/h4-11,19,25H,3H2,1-2H3. The highest BCUT2D eigenvalue weighted by Crippen LogP contribution is 2.40. The number of aromatic nitrogens is 2.